The second-order valence-electron chi connectivity index (χ2n) is 5.63. The first-order valence-corrected chi connectivity index (χ1v) is 7.77. The number of hydrogen-bond acceptors (Lipinski definition) is 3. The quantitative estimate of drug-likeness (QED) is 0.808. The second kappa shape index (κ2) is 5.35. The number of benzene rings is 2. The highest BCUT2D eigenvalue weighted by molar-refractivity contribution is 9.10. The van der Waals surface area contributed by atoms with Gasteiger partial charge in [0.05, 0.1) is 0 Å². The van der Waals surface area contributed by atoms with Crippen LogP contribution in [-0.2, 0) is 0 Å². The van der Waals surface area contributed by atoms with E-state index in [1.165, 1.54) is 0 Å². The predicted molar refractivity (Wildman–Crippen MR) is 86.6 cm³/mol. The van der Waals surface area contributed by atoms with Crippen LogP contribution in [0.3, 0.4) is 0 Å². The monoisotopic (exact) mass is 347 g/mol. The molecule has 0 saturated carbocycles. The minimum Gasteiger partial charge on any atom is -0.507 e. The molecule has 1 heterocycles. The first-order chi connectivity index (χ1) is 9.95. The minimum atomic E-state index is -0.0835. The van der Waals surface area contributed by atoms with E-state index in [4.69, 9.17) is 10.5 Å². The van der Waals surface area contributed by atoms with E-state index in [2.05, 4.69) is 15.9 Å². The van der Waals surface area contributed by atoms with Crippen LogP contribution in [0.5, 0.6) is 11.5 Å². The van der Waals surface area contributed by atoms with Crippen LogP contribution in [0, 0.1) is 13.8 Å². The molecule has 0 aromatic heterocycles. The first-order valence-electron chi connectivity index (χ1n) is 6.97. The molecule has 3 N–H and O–H groups in total. The summed E-state index contributed by atoms with van der Waals surface area (Å²) in [7, 11) is 0. The molecule has 0 spiro atoms. The van der Waals surface area contributed by atoms with Gasteiger partial charge in [-0.2, -0.15) is 0 Å². The van der Waals surface area contributed by atoms with E-state index in [-0.39, 0.29) is 12.1 Å². The SMILES string of the molecule is Cc1cc(C2CC(N)c3ccc(Br)cc3O2)cc(C)c1O. The molecule has 0 amide bonds. The zero-order valence-electron chi connectivity index (χ0n) is 12.1. The first kappa shape index (κ1) is 14.4. The molecular weight excluding hydrogens is 330 g/mol. The van der Waals surface area contributed by atoms with Gasteiger partial charge in [-0.3, -0.25) is 0 Å². The van der Waals surface area contributed by atoms with Crippen LogP contribution in [-0.4, -0.2) is 5.11 Å². The Bertz CT molecular complexity index is 676. The Morgan fingerprint density at radius 2 is 1.86 bits per heavy atom. The standard InChI is InChI=1S/C17H18BrNO2/c1-9-5-11(6-10(2)17(9)20)15-8-14(19)13-4-3-12(18)7-16(13)21-15/h3-7,14-15,20H,8,19H2,1-2H3. The van der Waals surface area contributed by atoms with Gasteiger partial charge in [0.25, 0.3) is 0 Å². The number of hydrogen-bond donors (Lipinski definition) is 2. The number of aryl methyl sites for hydroxylation is 2. The number of ether oxygens (including phenoxy) is 1. The fourth-order valence-corrected chi connectivity index (χ4v) is 3.20. The van der Waals surface area contributed by atoms with Gasteiger partial charge in [-0.05, 0) is 54.8 Å². The number of phenols is 1. The number of rotatable bonds is 1. The lowest BCUT2D eigenvalue weighted by Crippen LogP contribution is -2.24. The van der Waals surface area contributed by atoms with Crippen molar-refractivity contribution in [3.8, 4) is 11.5 Å². The average Bonchev–Trinajstić information content (AvgIpc) is 2.43. The van der Waals surface area contributed by atoms with Crippen molar-refractivity contribution in [1.82, 2.24) is 0 Å². The molecule has 2 atom stereocenters. The van der Waals surface area contributed by atoms with E-state index in [1.807, 2.05) is 44.2 Å². The molecule has 110 valence electrons. The number of nitrogens with two attached hydrogens (primary N) is 1. The van der Waals surface area contributed by atoms with E-state index in [9.17, 15) is 5.11 Å². The maximum absolute atomic E-state index is 9.90. The molecule has 3 nitrogen and oxygen atoms in total. The topological polar surface area (TPSA) is 55.5 Å². The van der Waals surface area contributed by atoms with Crippen molar-refractivity contribution in [1.29, 1.82) is 0 Å². The minimum absolute atomic E-state index is 0.0405. The summed E-state index contributed by atoms with van der Waals surface area (Å²) in [4.78, 5) is 0. The Morgan fingerprint density at radius 3 is 2.52 bits per heavy atom. The van der Waals surface area contributed by atoms with Gasteiger partial charge in [0, 0.05) is 22.5 Å². The van der Waals surface area contributed by atoms with Crippen LogP contribution in [0.1, 0.15) is 40.8 Å². The Labute approximate surface area is 132 Å². The molecule has 0 radical (unpaired) electrons. The van der Waals surface area contributed by atoms with Gasteiger partial charge in [0.1, 0.15) is 17.6 Å². The van der Waals surface area contributed by atoms with E-state index in [1.54, 1.807) is 0 Å². The van der Waals surface area contributed by atoms with Crippen molar-refractivity contribution in [2.24, 2.45) is 5.73 Å². The maximum Gasteiger partial charge on any atom is 0.126 e. The lowest BCUT2D eigenvalue weighted by Gasteiger charge is -2.31. The normalized spacial score (nSPS) is 20.8. The number of phenolic OH excluding ortho intramolecular Hbond substituents is 1. The van der Waals surface area contributed by atoms with Crippen LogP contribution >= 0.6 is 15.9 Å². The second-order valence-corrected chi connectivity index (χ2v) is 6.55. The molecule has 2 aromatic rings. The molecule has 21 heavy (non-hydrogen) atoms. The van der Waals surface area contributed by atoms with Crippen LogP contribution in [0.4, 0.5) is 0 Å². The summed E-state index contributed by atoms with van der Waals surface area (Å²) in [6.07, 6.45) is 0.651. The molecule has 0 aliphatic carbocycles. The fraction of sp³-hybridized carbons (Fsp3) is 0.294. The Morgan fingerprint density at radius 1 is 1.19 bits per heavy atom. The van der Waals surface area contributed by atoms with E-state index in [0.717, 1.165) is 38.9 Å². The van der Waals surface area contributed by atoms with Gasteiger partial charge in [-0.1, -0.05) is 22.0 Å². The number of aromatic hydroxyl groups is 1. The Hall–Kier alpha value is -1.52. The van der Waals surface area contributed by atoms with Gasteiger partial charge in [-0.25, -0.2) is 0 Å². The van der Waals surface area contributed by atoms with Gasteiger partial charge in [-0.15, -0.1) is 0 Å². The third-order valence-electron chi connectivity index (χ3n) is 4.00. The van der Waals surface area contributed by atoms with Gasteiger partial charge >= 0.3 is 0 Å². The summed E-state index contributed by atoms with van der Waals surface area (Å²) in [5.41, 5.74) is 10.1. The molecule has 4 heteroatoms. The lowest BCUT2D eigenvalue weighted by molar-refractivity contribution is 0.161. The van der Waals surface area contributed by atoms with E-state index >= 15 is 0 Å². The van der Waals surface area contributed by atoms with Crippen molar-refractivity contribution in [2.75, 3.05) is 0 Å². The van der Waals surface area contributed by atoms with Crippen molar-refractivity contribution in [3.63, 3.8) is 0 Å². The highest BCUT2D eigenvalue weighted by Gasteiger charge is 2.27. The van der Waals surface area contributed by atoms with E-state index in [0.29, 0.717) is 5.75 Å². The van der Waals surface area contributed by atoms with Crippen LogP contribution < -0.4 is 10.5 Å². The summed E-state index contributed by atoms with van der Waals surface area (Å²) in [5, 5.41) is 9.90. The van der Waals surface area contributed by atoms with Crippen molar-refractivity contribution in [3.05, 3.63) is 57.1 Å². The van der Waals surface area contributed by atoms with Crippen molar-refractivity contribution in [2.45, 2.75) is 32.4 Å². The highest BCUT2D eigenvalue weighted by atomic mass is 79.9. The van der Waals surface area contributed by atoms with Crippen LogP contribution in [0.15, 0.2) is 34.8 Å². The molecule has 2 unspecified atom stereocenters. The fourth-order valence-electron chi connectivity index (χ4n) is 2.85. The van der Waals surface area contributed by atoms with Crippen LogP contribution in [0.2, 0.25) is 0 Å². The molecule has 2 aromatic carbocycles. The van der Waals surface area contributed by atoms with Gasteiger partial charge in [0.15, 0.2) is 0 Å². The smallest absolute Gasteiger partial charge is 0.126 e. The zero-order chi connectivity index (χ0) is 15.1. The molecule has 0 bridgehead atoms. The summed E-state index contributed by atoms with van der Waals surface area (Å²) in [5.74, 6) is 1.18. The number of fused-ring (bicyclic) bond motifs is 1. The molecular formula is C17H18BrNO2. The third kappa shape index (κ3) is 2.65. The molecule has 1 aliphatic heterocycles. The summed E-state index contributed by atoms with van der Waals surface area (Å²) < 4.78 is 7.11. The summed E-state index contributed by atoms with van der Waals surface area (Å²) in [6, 6.07) is 9.86. The van der Waals surface area contributed by atoms with Crippen molar-refractivity contribution < 1.29 is 9.84 Å². The zero-order valence-corrected chi connectivity index (χ0v) is 13.6. The van der Waals surface area contributed by atoms with Gasteiger partial charge in [0.2, 0.25) is 0 Å². The highest BCUT2D eigenvalue weighted by Crippen LogP contribution is 2.41. The Balaban J connectivity index is 1.99. The molecule has 3 rings (SSSR count). The Kier molecular flexibility index (Phi) is 3.68. The molecule has 0 saturated heterocycles. The maximum atomic E-state index is 9.90. The third-order valence-corrected chi connectivity index (χ3v) is 4.49. The van der Waals surface area contributed by atoms with Crippen molar-refractivity contribution >= 4 is 15.9 Å². The summed E-state index contributed by atoms with van der Waals surface area (Å²) in [6.45, 7) is 3.80. The van der Waals surface area contributed by atoms with Gasteiger partial charge < -0.3 is 15.6 Å². The number of halogens is 1. The lowest BCUT2D eigenvalue weighted by atomic mass is 9.92. The largest absolute Gasteiger partial charge is 0.507 e. The molecule has 0 fully saturated rings. The van der Waals surface area contributed by atoms with E-state index < -0.39 is 0 Å². The molecule has 1 aliphatic rings. The predicted octanol–water partition coefficient (Wildman–Crippen LogP) is 4.30. The average molecular weight is 348 g/mol. The summed E-state index contributed by atoms with van der Waals surface area (Å²) >= 11 is 3.47. The van der Waals surface area contributed by atoms with Crippen LogP contribution in [0.25, 0.3) is 0 Å².